The highest BCUT2D eigenvalue weighted by molar-refractivity contribution is 5.94. The molecule has 1 aromatic heterocycles. The van der Waals surface area contributed by atoms with Gasteiger partial charge in [0.05, 0.1) is 12.3 Å². The van der Waals surface area contributed by atoms with Crippen molar-refractivity contribution in [2.45, 2.75) is 20.4 Å². The number of hydrogen-bond acceptors (Lipinski definition) is 4. The molecule has 23 heavy (non-hydrogen) atoms. The van der Waals surface area contributed by atoms with Crippen LogP contribution in [0.2, 0.25) is 0 Å². The second kappa shape index (κ2) is 7.49. The van der Waals surface area contributed by atoms with Gasteiger partial charge in [-0.1, -0.05) is 0 Å². The van der Waals surface area contributed by atoms with Gasteiger partial charge < -0.3 is 19.7 Å². The summed E-state index contributed by atoms with van der Waals surface area (Å²) in [7, 11) is 0. The van der Waals surface area contributed by atoms with Gasteiger partial charge in [0.1, 0.15) is 5.75 Å². The van der Waals surface area contributed by atoms with Crippen molar-refractivity contribution in [1.29, 1.82) is 0 Å². The maximum Gasteiger partial charge on any atom is 0.251 e. The zero-order valence-corrected chi connectivity index (χ0v) is 13.2. The fourth-order valence-electron chi connectivity index (χ4n) is 2.17. The predicted octanol–water partition coefficient (Wildman–Crippen LogP) is 1.69. The third-order valence-corrected chi connectivity index (χ3v) is 3.48. The SMILES string of the molecule is CCOc1ccc(C(=O)NCCn2ccc(=O)c(O)c2C)cc1. The van der Waals surface area contributed by atoms with Crippen molar-refractivity contribution in [3.8, 4) is 11.5 Å². The van der Waals surface area contributed by atoms with Crippen molar-refractivity contribution in [3.63, 3.8) is 0 Å². The number of aromatic nitrogens is 1. The summed E-state index contributed by atoms with van der Waals surface area (Å²) in [5.41, 5.74) is 0.623. The summed E-state index contributed by atoms with van der Waals surface area (Å²) in [4.78, 5) is 23.3. The summed E-state index contributed by atoms with van der Waals surface area (Å²) in [6, 6.07) is 8.22. The van der Waals surface area contributed by atoms with E-state index in [0.29, 0.717) is 31.0 Å². The van der Waals surface area contributed by atoms with Gasteiger partial charge in [-0.2, -0.15) is 0 Å². The summed E-state index contributed by atoms with van der Waals surface area (Å²) in [6.07, 6.45) is 1.60. The number of carbonyl (C=O) groups is 1. The van der Waals surface area contributed by atoms with E-state index in [0.717, 1.165) is 5.75 Å². The molecule has 1 heterocycles. The van der Waals surface area contributed by atoms with Crippen LogP contribution in [0.1, 0.15) is 23.0 Å². The lowest BCUT2D eigenvalue weighted by Gasteiger charge is -2.12. The number of nitrogens with one attached hydrogen (secondary N) is 1. The van der Waals surface area contributed by atoms with E-state index in [1.807, 2.05) is 6.92 Å². The number of nitrogens with zero attached hydrogens (tertiary/aromatic N) is 1. The minimum atomic E-state index is -0.405. The number of amides is 1. The molecule has 2 aromatic rings. The van der Waals surface area contributed by atoms with Crippen LogP contribution in [0, 0.1) is 6.92 Å². The second-order valence-electron chi connectivity index (χ2n) is 5.02. The Morgan fingerprint density at radius 2 is 1.96 bits per heavy atom. The fourth-order valence-corrected chi connectivity index (χ4v) is 2.17. The lowest BCUT2D eigenvalue weighted by molar-refractivity contribution is 0.0952. The maximum absolute atomic E-state index is 12.0. The summed E-state index contributed by atoms with van der Waals surface area (Å²) < 4.78 is 7.05. The highest BCUT2D eigenvalue weighted by Crippen LogP contribution is 2.12. The normalized spacial score (nSPS) is 10.3. The Bertz CT molecular complexity index is 735. The molecule has 2 rings (SSSR count). The van der Waals surface area contributed by atoms with Gasteiger partial charge in [0, 0.05) is 30.9 Å². The van der Waals surface area contributed by atoms with E-state index in [4.69, 9.17) is 4.74 Å². The van der Waals surface area contributed by atoms with E-state index < -0.39 is 5.43 Å². The number of rotatable bonds is 6. The summed E-state index contributed by atoms with van der Waals surface area (Å²) >= 11 is 0. The molecule has 0 bridgehead atoms. The number of pyridine rings is 1. The van der Waals surface area contributed by atoms with Gasteiger partial charge >= 0.3 is 0 Å². The van der Waals surface area contributed by atoms with E-state index >= 15 is 0 Å². The van der Waals surface area contributed by atoms with E-state index in [2.05, 4.69) is 5.32 Å². The quantitative estimate of drug-likeness (QED) is 0.850. The van der Waals surface area contributed by atoms with Crippen molar-refractivity contribution in [3.05, 3.63) is 58.0 Å². The van der Waals surface area contributed by atoms with Gasteiger partial charge in [-0.15, -0.1) is 0 Å². The van der Waals surface area contributed by atoms with E-state index in [-0.39, 0.29) is 11.7 Å². The molecule has 6 heteroatoms. The van der Waals surface area contributed by atoms with E-state index in [1.165, 1.54) is 6.07 Å². The molecule has 0 aliphatic carbocycles. The molecule has 0 fully saturated rings. The first kappa shape index (κ1) is 16.6. The molecule has 0 radical (unpaired) electrons. The Kier molecular flexibility index (Phi) is 5.41. The van der Waals surface area contributed by atoms with Crippen molar-refractivity contribution in [2.24, 2.45) is 0 Å². The zero-order valence-electron chi connectivity index (χ0n) is 13.2. The Hall–Kier alpha value is -2.76. The lowest BCUT2D eigenvalue weighted by atomic mass is 10.2. The molecular formula is C17H20N2O4. The Balaban J connectivity index is 1.92. The summed E-state index contributed by atoms with van der Waals surface area (Å²) in [6.45, 7) is 4.98. The molecule has 1 amide bonds. The minimum absolute atomic E-state index is 0.184. The van der Waals surface area contributed by atoms with Crippen molar-refractivity contribution < 1.29 is 14.6 Å². The van der Waals surface area contributed by atoms with Crippen LogP contribution in [-0.4, -0.2) is 28.7 Å². The number of aromatic hydroxyl groups is 1. The van der Waals surface area contributed by atoms with Gasteiger partial charge in [-0.05, 0) is 38.1 Å². The highest BCUT2D eigenvalue weighted by Gasteiger charge is 2.07. The monoisotopic (exact) mass is 316 g/mol. The van der Waals surface area contributed by atoms with Crippen molar-refractivity contribution >= 4 is 5.91 Å². The second-order valence-corrected chi connectivity index (χ2v) is 5.02. The molecule has 6 nitrogen and oxygen atoms in total. The molecule has 0 aliphatic rings. The Morgan fingerprint density at radius 1 is 1.26 bits per heavy atom. The zero-order chi connectivity index (χ0) is 16.8. The van der Waals surface area contributed by atoms with Gasteiger partial charge in [0.25, 0.3) is 5.91 Å². The van der Waals surface area contributed by atoms with E-state index in [9.17, 15) is 14.7 Å². The molecule has 1 aromatic carbocycles. The van der Waals surface area contributed by atoms with Gasteiger partial charge in [0.15, 0.2) is 5.75 Å². The van der Waals surface area contributed by atoms with Crippen LogP contribution >= 0.6 is 0 Å². The standard InChI is InChI=1S/C17H20N2O4/c1-3-23-14-6-4-13(5-7-14)17(22)18-9-11-19-10-8-15(20)16(21)12(19)2/h4-8,10,21H,3,9,11H2,1-2H3,(H,18,22). The molecule has 122 valence electrons. The Morgan fingerprint density at radius 3 is 2.61 bits per heavy atom. The van der Waals surface area contributed by atoms with Gasteiger partial charge in [-0.3, -0.25) is 9.59 Å². The highest BCUT2D eigenvalue weighted by atomic mass is 16.5. The average molecular weight is 316 g/mol. The molecule has 0 unspecified atom stereocenters. The molecule has 0 saturated heterocycles. The molecule has 2 N–H and O–H groups in total. The smallest absolute Gasteiger partial charge is 0.251 e. The first-order valence-electron chi connectivity index (χ1n) is 7.43. The molecule has 0 atom stereocenters. The predicted molar refractivity (Wildman–Crippen MR) is 87.0 cm³/mol. The van der Waals surface area contributed by atoms with Crippen molar-refractivity contribution in [1.82, 2.24) is 9.88 Å². The third-order valence-electron chi connectivity index (χ3n) is 3.48. The van der Waals surface area contributed by atoms with Crippen LogP contribution in [0.3, 0.4) is 0 Å². The van der Waals surface area contributed by atoms with Crippen LogP contribution in [0.4, 0.5) is 0 Å². The summed E-state index contributed by atoms with van der Waals surface area (Å²) in [5, 5.41) is 12.4. The largest absolute Gasteiger partial charge is 0.503 e. The van der Waals surface area contributed by atoms with Crippen LogP contribution in [0.25, 0.3) is 0 Å². The number of carbonyl (C=O) groups excluding carboxylic acids is 1. The van der Waals surface area contributed by atoms with Gasteiger partial charge in [-0.25, -0.2) is 0 Å². The molecule has 0 aliphatic heterocycles. The molecule has 0 saturated carbocycles. The lowest BCUT2D eigenvalue weighted by Crippen LogP contribution is -2.28. The first-order chi connectivity index (χ1) is 11.0. The maximum atomic E-state index is 12.0. The number of ether oxygens (including phenoxy) is 1. The third kappa shape index (κ3) is 4.12. The fraction of sp³-hybridized carbons (Fsp3) is 0.294. The van der Waals surface area contributed by atoms with E-state index in [1.54, 1.807) is 42.0 Å². The van der Waals surface area contributed by atoms with Crippen LogP contribution < -0.4 is 15.5 Å². The van der Waals surface area contributed by atoms with Crippen LogP contribution in [0.5, 0.6) is 11.5 Å². The topological polar surface area (TPSA) is 80.6 Å². The first-order valence-corrected chi connectivity index (χ1v) is 7.43. The Labute approximate surface area is 134 Å². The average Bonchev–Trinajstić information content (AvgIpc) is 2.55. The van der Waals surface area contributed by atoms with Gasteiger partial charge in [0.2, 0.25) is 5.43 Å². The number of benzene rings is 1. The molecular weight excluding hydrogens is 296 g/mol. The van der Waals surface area contributed by atoms with Crippen LogP contribution in [0.15, 0.2) is 41.3 Å². The molecule has 0 spiro atoms. The summed E-state index contributed by atoms with van der Waals surface area (Å²) in [5.74, 6) is 0.282. The van der Waals surface area contributed by atoms with Crippen LogP contribution in [-0.2, 0) is 6.54 Å². The van der Waals surface area contributed by atoms with Crippen molar-refractivity contribution in [2.75, 3.05) is 13.2 Å². The minimum Gasteiger partial charge on any atom is -0.503 e. The number of hydrogen-bond donors (Lipinski definition) is 2.